The molecule has 0 bridgehead atoms. The van der Waals surface area contributed by atoms with Gasteiger partial charge in [-0.1, -0.05) is 0 Å². The summed E-state index contributed by atoms with van der Waals surface area (Å²) in [5.74, 6) is -1.06. The second kappa shape index (κ2) is 4.94. The Kier molecular flexibility index (Phi) is 3.79. The Balaban J connectivity index is 3.21. The van der Waals surface area contributed by atoms with Gasteiger partial charge in [-0.15, -0.1) is 0 Å². The molecule has 0 aliphatic rings. The smallest absolute Gasteiger partial charge is 0.366 e. The lowest BCUT2D eigenvalue weighted by Gasteiger charge is -2.12. The first kappa shape index (κ1) is 13.8. The number of alkyl halides is 3. The van der Waals surface area contributed by atoms with Crippen LogP contribution in [0.4, 0.5) is 23.7 Å². The van der Waals surface area contributed by atoms with Crippen LogP contribution in [0, 0.1) is 0 Å². The lowest BCUT2D eigenvalue weighted by Crippen LogP contribution is -2.26. The van der Waals surface area contributed by atoms with Crippen LogP contribution in [0.3, 0.4) is 0 Å². The Morgan fingerprint density at radius 2 is 1.89 bits per heavy atom. The van der Waals surface area contributed by atoms with Crippen LogP contribution >= 0.6 is 0 Å². The molecule has 98 valence electrons. The topological polar surface area (TPSA) is 84.2 Å². The molecule has 0 unspecified atom stereocenters. The van der Waals surface area contributed by atoms with E-state index in [1.54, 1.807) is 0 Å². The number of hydrogen-bond donors (Lipinski definition) is 3. The highest BCUT2D eigenvalue weighted by Crippen LogP contribution is 2.31. The number of carbonyl (C=O) groups excluding carboxylic acids is 2. The Morgan fingerprint density at radius 3 is 2.33 bits per heavy atom. The molecule has 0 radical (unpaired) electrons. The van der Waals surface area contributed by atoms with E-state index in [-0.39, 0.29) is 5.69 Å². The van der Waals surface area contributed by atoms with Crippen molar-refractivity contribution >= 4 is 17.6 Å². The number of benzene rings is 1. The number of hydrogen-bond acceptors (Lipinski definition) is 2. The maximum Gasteiger partial charge on any atom is 0.416 e. The number of anilines is 1. The van der Waals surface area contributed by atoms with Crippen molar-refractivity contribution in [3.8, 4) is 0 Å². The number of carbonyl (C=O) groups is 2. The summed E-state index contributed by atoms with van der Waals surface area (Å²) in [4.78, 5) is 22.1. The van der Waals surface area contributed by atoms with Gasteiger partial charge in [0.2, 0.25) is 0 Å². The van der Waals surface area contributed by atoms with Crippen molar-refractivity contribution in [2.24, 2.45) is 5.73 Å². The van der Waals surface area contributed by atoms with Crippen LogP contribution in [0.2, 0.25) is 0 Å². The number of nitrogens with two attached hydrogens (primary N) is 1. The van der Waals surface area contributed by atoms with E-state index in [4.69, 9.17) is 5.73 Å². The summed E-state index contributed by atoms with van der Waals surface area (Å²) in [6.45, 7) is 0. The lowest BCUT2D eigenvalue weighted by atomic mass is 10.1. The minimum atomic E-state index is -4.59. The van der Waals surface area contributed by atoms with Gasteiger partial charge in [0.05, 0.1) is 16.8 Å². The Labute approximate surface area is 100 Å². The monoisotopic (exact) mass is 261 g/mol. The molecule has 3 amide bonds. The van der Waals surface area contributed by atoms with E-state index >= 15 is 0 Å². The summed E-state index contributed by atoms with van der Waals surface area (Å²) in [5, 5.41) is 4.40. The molecule has 0 saturated carbocycles. The molecule has 18 heavy (non-hydrogen) atoms. The molecule has 0 fully saturated rings. The third kappa shape index (κ3) is 3.12. The van der Waals surface area contributed by atoms with Gasteiger partial charge in [0, 0.05) is 7.05 Å². The van der Waals surface area contributed by atoms with Crippen molar-refractivity contribution in [3.63, 3.8) is 0 Å². The minimum absolute atomic E-state index is 0.0881. The van der Waals surface area contributed by atoms with E-state index in [2.05, 4.69) is 10.6 Å². The first-order chi connectivity index (χ1) is 8.25. The van der Waals surface area contributed by atoms with Crippen molar-refractivity contribution in [3.05, 3.63) is 29.3 Å². The van der Waals surface area contributed by atoms with Crippen LogP contribution in [0.15, 0.2) is 18.2 Å². The molecule has 1 aromatic rings. The van der Waals surface area contributed by atoms with E-state index < -0.39 is 29.2 Å². The van der Waals surface area contributed by atoms with E-state index in [9.17, 15) is 22.8 Å². The summed E-state index contributed by atoms with van der Waals surface area (Å²) < 4.78 is 37.3. The van der Waals surface area contributed by atoms with Crippen LogP contribution in [0.25, 0.3) is 0 Å². The van der Waals surface area contributed by atoms with Gasteiger partial charge in [-0.25, -0.2) is 4.79 Å². The second-order valence-corrected chi connectivity index (χ2v) is 3.33. The fourth-order valence-corrected chi connectivity index (χ4v) is 1.22. The number of nitrogens with one attached hydrogen (secondary N) is 2. The largest absolute Gasteiger partial charge is 0.416 e. The third-order valence-corrected chi connectivity index (χ3v) is 2.09. The molecule has 0 spiro atoms. The average molecular weight is 261 g/mol. The van der Waals surface area contributed by atoms with Gasteiger partial charge < -0.3 is 16.4 Å². The fourth-order valence-electron chi connectivity index (χ4n) is 1.22. The maximum atomic E-state index is 12.4. The zero-order valence-electron chi connectivity index (χ0n) is 9.26. The Morgan fingerprint density at radius 1 is 1.28 bits per heavy atom. The molecule has 1 aromatic carbocycles. The molecule has 0 heterocycles. The molecule has 0 aliphatic carbocycles. The van der Waals surface area contributed by atoms with Crippen LogP contribution in [0.5, 0.6) is 0 Å². The third-order valence-electron chi connectivity index (χ3n) is 2.09. The minimum Gasteiger partial charge on any atom is -0.366 e. The molecule has 1 rings (SSSR count). The number of rotatable bonds is 2. The number of amides is 3. The molecule has 0 aromatic heterocycles. The standard InChI is InChI=1S/C10H10F3N3O2/c1-15-9(18)16-7-3-2-5(10(11,12)13)4-6(7)8(14)17/h2-4H,1H3,(H2,14,17)(H2,15,16,18). The zero-order chi connectivity index (χ0) is 13.9. The first-order valence-electron chi connectivity index (χ1n) is 4.75. The summed E-state index contributed by atoms with van der Waals surface area (Å²) in [7, 11) is 1.32. The summed E-state index contributed by atoms with van der Waals surface area (Å²) in [5.41, 5.74) is 3.45. The molecular formula is C10H10F3N3O2. The molecule has 8 heteroatoms. The number of primary amides is 1. The SMILES string of the molecule is CNC(=O)Nc1ccc(C(F)(F)F)cc1C(N)=O. The van der Waals surface area contributed by atoms with Gasteiger partial charge in [0.15, 0.2) is 0 Å². The van der Waals surface area contributed by atoms with Crippen molar-refractivity contribution in [1.29, 1.82) is 0 Å². The van der Waals surface area contributed by atoms with Gasteiger partial charge in [-0.05, 0) is 18.2 Å². The zero-order valence-corrected chi connectivity index (χ0v) is 9.26. The first-order valence-corrected chi connectivity index (χ1v) is 4.75. The predicted molar refractivity (Wildman–Crippen MR) is 58.0 cm³/mol. The van der Waals surface area contributed by atoms with Crippen LogP contribution in [-0.4, -0.2) is 19.0 Å². The highest BCUT2D eigenvalue weighted by Gasteiger charge is 2.31. The second-order valence-electron chi connectivity index (χ2n) is 3.33. The molecule has 5 nitrogen and oxygen atoms in total. The number of halogens is 3. The maximum absolute atomic E-state index is 12.4. The van der Waals surface area contributed by atoms with Gasteiger partial charge >= 0.3 is 12.2 Å². The van der Waals surface area contributed by atoms with Crippen LogP contribution < -0.4 is 16.4 Å². The van der Waals surface area contributed by atoms with Crippen molar-refractivity contribution in [1.82, 2.24) is 5.32 Å². The van der Waals surface area contributed by atoms with Gasteiger partial charge in [0.25, 0.3) is 5.91 Å². The van der Waals surface area contributed by atoms with Gasteiger partial charge in [-0.2, -0.15) is 13.2 Å². The Hall–Kier alpha value is -2.25. The molecule has 0 saturated heterocycles. The van der Waals surface area contributed by atoms with Crippen LogP contribution in [0.1, 0.15) is 15.9 Å². The molecule has 0 aliphatic heterocycles. The molecule has 0 atom stereocenters. The van der Waals surface area contributed by atoms with Gasteiger partial charge in [-0.3, -0.25) is 4.79 Å². The van der Waals surface area contributed by atoms with E-state index in [0.29, 0.717) is 6.07 Å². The summed E-state index contributed by atoms with van der Waals surface area (Å²) >= 11 is 0. The normalized spacial score (nSPS) is 10.9. The number of urea groups is 1. The van der Waals surface area contributed by atoms with Gasteiger partial charge in [0.1, 0.15) is 0 Å². The average Bonchev–Trinajstić information content (AvgIpc) is 2.27. The molecule has 4 N–H and O–H groups in total. The predicted octanol–water partition coefficient (Wildman–Crippen LogP) is 1.56. The van der Waals surface area contributed by atoms with Crippen molar-refractivity contribution < 1.29 is 22.8 Å². The van der Waals surface area contributed by atoms with Crippen LogP contribution in [-0.2, 0) is 6.18 Å². The van der Waals surface area contributed by atoms with E-state index in [0.717, 1.165) is 12.1 Å². The molecular weight excluding hydrogens is 251 g/mol. The Bertz CT molecular complexity index is 486. The summed E-state index contributed by atoms with van der Waals surface area (Å²) in [6.07, 6.45) is -4.59. The highest BCUT2D eigenvalue weighted by molar-refractivity contribution is 6.02. The van der Waals surface area contributed by atoms with Crippen molar-refractivity contribution in [2.45, 2.75) is 6.18 Å². The summed E-state index contributed by atoms with van der Waals surface area (Å²) in [6, 6.07) is 1.64. The van der Waals surface area contributed by atoms with E-state index in [1.807, 2.05) is 0 Å². The van der Waals surface area contributed by atoms with E-state index in [1.165, 1.54) is 7.05 Å². The lowest BCUT2D eigenvalue weighted by molar-refractivity contribution is -0.137. The quantitative estimate of drug-likeness (QED) is 0.754. The van der Waals surface area contributed by atoms with Crippen molar-refractivity contribution in [2.75, 3.05) is 12.4 Å². The highest BCUT2D eigenvalue weighted by atomic mass is 19.4. The fraction of sp³-hybridized carbons (Fsp3) is 0.200.